The lowest BCUT2D eigenvalue weighted by Crippen LogP contribution is -2.23. The van der Waals surface area contributed by atoms with Crippen molar-refractivity contribution in [1.29, 1.82) is 0 Å². The number of hydrogen-bond donors (Lipinski definition) is 1. The fourth-order valence-electron chi connectivity index (χ4n) is 2.21. The van der Waals surface area contributed by atoms with Gasteiger partial charge in [0, 0.05) is 19.8 Å². The van der Waals surface area contributed by atoms with Crippen LogP contribution in [0, 0.1) is 0 Å². The second kappa shape index (κ2) is 9.02. The van der Waals surface area contributed by atoms with Gasteiger partial charge in [-0.3, -0.25) is 4.79 Å². The number of hydrogen-bond acceptors (Lipinski definition) is 5. The van der Waals surface area contributed by atoms with Crippen molar-refractivity contribution in [3.63, 3.8) is 0 Å². The molecule has 0 aliphatic carbocycles. The maximum Gasteiger partial charge on any atom is 0.416 e. The van der Waals surface area contributed by atoms with Crippen molar-refractivity contribution in [2.24, 2.45) is 0 Å². The van der Waals surface area contributed by atoms with Crippen LogP contribution in [0.3, 0.4) is 0 Å². The monoisotopic (exact) mass is 464 g/mol. The Bertz CT molecular complexity index is 1070. The zero-order valence-electron chi connectivity index (χ0n) is 15.7. The molecule has 0 aliphatic heterocycles. The Morgan fingerprint density at radius 1 is 1.13 bits per heavy atom. The van der Waals surface area contributed by atoms with Crippen LogP contribution in [0.1, 0.15) is 15.9 Å². The van der Waals surface area contributed by atoms with Crippen LogP contribution in [0.4, 0.5) is 18.9 Å². The molecule has 0 fully saturated rings. The molecule has 0 aromatic heterocycles. The molecule has 12 heteroatoms. The Balaban J connectivity index is 2.08. The number of anilines is 1. The third-order valence-corrected chi connectivity index (χ3v) is 5.89. The van der Waals surface area contributed by atoms with E-state index >= 15 is 0 Å². The number of nitrogens with zero attached hydrogens (tertiary/aromatic N) is 1. The lowest BCUT2D eigenvalue weighted by atomic mass is 10.2. The van der Waals surface area contributed by atoms with Crippen LogP contribution >= 0.6 is 11.6 Å². The molecule has 0 spiro atoms. The molecule has 2 aromatic rings. The van der Waals surface area contributed by atoms with Crippen LogP contribution in [-0.2, 0) is 25.7 Å². The van der Waals surface area contributed by atoms with E-state index in [1.165, 1.54) is 32.3 Å². The summed E-state index contributed by atoms with van der Waals surface area (Å²) in [6.45, 7) is -0.823. The van der Waals surface area contributed by atoms with Crippen molar-refractivity contribution >= 4 is 39.2 Å². The van der Waals surface area contributed by atoms with Crippen LogP contribution in [-0.4, -0.2) is 45.3 Å². The number of sulfonamides is 1. The van der Waals surface area contributed by atoms with Crippen molar-refractivity contribution in [3.8, 4) is 0 Å². The number of esters is 1. The zero-order valence-corrected chi connectivity index (χ0v) is 17.2. The minimum atomic E-state index is -4.58. The van der Waals surface area contributed by atoms with Gasteiger partial charge in [-0.1, -0.05) is 17.7 Å². The normalized spacial score (nSPS) is 12.0. The van der Waals surface area contributed by atoms with Gasteiger partial charge < -0.3 is 10.1 Å². The highest BCUT2D eigenvalue weighted by molar-refractivity contribution is 7.89. The number of carbonyl (C=O) groups is 2. The van der Waals surface area contributed by atoms with Crippen LogP contribution in [0.2, 0.25) is 5.02 Å². The van der Waals surface area contributed by atoms with Crippen LogP contribution in [0.25, 0.3) is 0 Å². The van der Waals surface area contributed by atoms with Crippen molar-refractivity contribution in [2.75, 3.05) is 26.0 Å². The van der Waals surface area contributed by atoms with E-state index in [0.717, 1.165) is 28.6 Å². The molecule has 0 radical (unpaired) electrons. The number of carbonyl (C=O) groups excluding carboxylic acids is 2. The third-order valence-electron chi connectivity index (χ3n) is 3.74. The number of benzene rings is 2. The van der Waals surface area contributed by atoms with Crippen molar-refractivity contribution in [3.05, 3.63) is 58.6 Å². The number of alkyl halides is 3. The Kier molecular flexibility index (Phi) is 7.11. The summed E-state index contributed by atoms with van der Waals surface area (Å²) in [5.74, 6) is -1.97. The summed E-state index contributed by atoms with van der Waals surface area (Å²) in [4.78, 5) is 23.9. The summed E-state index contributed by atoms with van der Waals surface area (Å²) in [5, 5.41) is 2.07. The van der Waals surface area contributed by atoms with Crippen molar-refractivity contribution < 1.29 is 35.9 Å². The van der Waals surface area contributed by atoms with Crippen molar-refractivity contribution in [1.82, 2.24) is 4.31 Å². The van der Waals surface area contributed by atoms with Gasteiger partial charge in [0.25, 0.3) is 5.91 Å². The largest absolute Gasteiger partial charge is 0.452 e. The van der Waals surface area contributed by atoms with Gasteiger partial charge in [0.1, 0.15) is 0 Å². The number of halogens is 4. The molecule has 0 unspecified atom stereocenters. The van der Waals surface area contributed by atoms with E-state index in [1.54, 1.807) is 0 Å². The van der Waals surface area contributed by atoms with E-state index in [1.807, 2.05) is 0 Å². The third kappa shape index (κ3) is 5.71. The number of ether oxygens (including phenoxy) is 1. The Morgan fingerprint density at radius 2 is 1.80 bits per heavy atom. The molecule has 0 atom stereocenters. The van der Waals surface area contributed by atoms with E-state index in [2.05, 4.69) is 5.32 Å². The Hall–Kier alpha value is -2.63. The van der Waals surface area contributed by atoms with Crippen LogP contribution in [0.15, 0.2) is 47.4 Å². The van der Waals surface area contributed by atoms with E-state index in [0.29, 0.717) is 0 Å². The van der Waals surface area contributed by atoms with Crippen molar-refractivity contribution in [2.45, 2.75) is 11.1 Å². The molecule has 0 saturated heterocycles. The first-order valence-electron chi connectivity index (χ1n) is 8.18. The first-order valence-corrected chi connectivity index (χ1v) is 10.0. The highest BCUT2D eigenvalue weighted by Gasteiger charge is 2.30. The molecular formula is C18H16ClF3N2O5S. The summed E-state index contributed by atoms with van der Waals surface area (Å²) in [6, 6.07) is 7.32. The minimum absolute atomic E-state index is 0.101. The summed E-state index contributed by atoms with van der Waals surface area (Å²) >= 11 is 5.91. The van der Waals surface area contributed by atoms with E-state index in [9.17, 15) is 31.2 Å². The molecule has 2 rings (SSSR count). The van der Waals surface area contributed by atoms with Gasteiger partial charge in [0.05, 0.1) is 21.0 Å². The molecule has 162 valence electrons. The maximum atomic E-state index is 12.7. The average Bonchev–Trinajstić information content (AvgIpc) is 2.65. The molecule has 0 bridgehead atoms. The molecule has 1 N–H and O–H groups in total. The Morgan fingerprint density at radius 3 is 2.40 bits per heavy atom. The minimum Gasteiger partial charge on any atom is -0.452 e. The molecule has 0 aliphatic rings. The molecule has 2 aromatic carbocycles. The standard InChI is InChI=1S/C18H16ClF3N2O5S/c1-24(2)30(27,28)13-6-7-15(19)14(9-13)17(26)29-10-16(25)23-12-5-3-4-11(8-12)18(20,21)22/h3-9H,10H2,1-2H3,(H,23,25). The summed E-state index contributed by atoms with van der Waals surface area (Å²) in [5.41, 5.74) is -1.38. The predicted octanol–water partition coefficient (Wildman–Crippen LogP) is 3.40. The van der Waals surface area contributed by atoms with E-state index in [4.69, 9.17) is 16.3 Å². The smallest absolute Gasteiger partial charge is 0.416 e. The lowest BCUT2D eigenvalue weighted by Gasteiger charge is -2.13. The molecule has 30 heavy (non-hydrogen) atoms. The molecule has 1 amide bonds. The number of amides is 1. The first kappa shape index (κ1) is 23.6. The van der Waals surface area contributed by atoms with Gasteiger partial charge in [-0.05, 0) is 36.4 Å². The lowest BCUT2D eigenvalue weighted by molar-refractivity contribution is -0.137. The fourth-order valence-corrected chi connectivity index (χ4v) is 3.33. The van der Waals surface area contributed by atoms with E-state index in [-0.39, 0.29) is 21.2 Å². The van der Waals surface area contributed by atoms with Gasteiger partial charge in [-0.25, -0.2) is 17.5 Å². The Labute approximate surface area is 175 Å². The zero-order chi connectivity index (χ0) is 22.7. The van der Waals surface area contributed by atoms with E-state index < -0.39 is 40.2 Å². The maximum absolute atomic E-state index is 12.7. The number of nitrogens with one attached hydrogen (secondary N) is 1. The highest BCUT2D eigenvalue weighted by Crippen LogP contribution is 2.30. The van der Waals surface area contributed by atoms with Gasteiger partial charge in [-0.15, -0.1) is 0 Å². The summed E-state index contributed by atoms with van der Waals surface area (Å²) < 4.78 is 68.2. The quantitative estimate of drug-likeness (QED) is 0.661. The molecule has 0 saturated carbocycles. The second-order valence-corrected chi connectivity index (χ2v) is 8.69. The topological polar surface area (TPSA) is 92.8 Å². The van der Waals surface area contributed by atoms with Gasteiger partial charge >= 0.3 is 12.1 Å². The molecule has 7 nitrogen and oxygen atoms in total. The van der Waals surface area contributed by atoms with Gasteiger partial charge in [-0.2, -0.15) is 13.2 Å². The summed E-state index contributed by atoms with van der Waals surface area (Å²) in [6.07, 6.45) is -4.58. The highest BCUT2D eigenvalue weighted by atomic mass is 35.5. The van der Waals surface area contributed by atoms with Crippen LogP contribution < -0.4 is 5.32 Å². The molecule has 0 heterocycles. The average molecular weight is 465 g/mol. The number of rotatable bonds is 6. The fraction of sp³-hybridized carbons (Fsp3) is 0.222. The van der Waals surface area contributed by atoms with Crippen LogP contribution in [0.5, 0.6) is 0 Å². The van der Waals surface area contributed by atoms with Gasteiger partial charge in [0.15, 0.2) is 6.61 Å². The van der Waals surface area contributed by atoms with Gasteiger partial charge in [0.2, 0.25) is 10.0 Å². The first-order chi connectivity index (χ1) is 13.8. The second-order valence-electron chi connectivity index (χ2n) is 6.13. The predicted molar refractivity (Wildman–Crippen MR) is 103 cm³/mol. The summed E-state index contributed by atoms with van der Waals surface area (Å²) in [7, 11) is -1.23. The SMILES string of the molecule is CN(C)S(=O)(=O)c1ccc(Cl)c(C(=O)OCC(=O)Nc2cccc(C(F)(F)F)c2)c1. The molecular weight excluding hydrogens is 449 g/mol.